The number of hydrogen-bond donors (Lipinski definition) is 3. The molecule has 3 saturated heterocycles. The molecule has 0 spiro atoms. The summed E-state index contributed by atoms with van der Waals surface area (Å²) in [6, 6.07) is 4.91. The van der Waals surface area contributed by atoms with E-state index in [1.54, 1.807) is 24.3 Å². The average Bonchev–Trinajstić information content (AvgIpc) is 2.87. The summed E-state index contributed by atoms with van der Waals surface area (Å²) in [6.45, 7) is 4.48. The Labute approximate surface area is 232 Å². The van der Waals surface area contributed by atoms with Crippen LogP contribution in [0.2, 0.25) is 5.02 Å². The Kier molecular flexibility index (Phi) is 9.00. The molecule has 1 aromatic rings. The lowest BCUT2D eigenvalue weighted by Gasteiger charge is -2.54. The SMILES string of the molecule is CC(C)C[C@H](Nc1cccc(Cl)c1)C(=O)N1[C@@H]2CC[C@H]([C@H]1C(=O)N[C@H](C#N)C[C@H]1CCCNC1=O)C(F)(F)C2. The van der Waals surface area contributed by atoms with E-state index in [1.165, 1.54) is 4.90 Å². The van der Waals surface area contributed by atoms with Crippen molar-refractivity contribution >= 4 is 35.0 Å². The van der Waals surface area contributed by atoms with E-state index >= 15 is 8.78 Å². The zero-order chi connectivity index (χ0) is 28.3. The molecule has 4 aliphatic rings. The van der Waals surface area contributed by atoms with Gasteiger partial charge in [0.15, 0.2) is 0 Å². The summed E-state index contributed by atoms with van der Waals surface area (Å²) in [5.41, 5.74) is 0.616. The number of carbonyl (C=O) groups excluding carboxylic acids is 3. The summed E-state index contributed by atoms with van der Waals surface area (Å²) in [7, 11) is 0. The number of nitrogens with one attached hydrogen (secondary N) is 3. The highest BCUT2D eigenvalue weighted by molar-refractivity contribution is 6.30. The molecular weight excluding hydrogens is 528 g/mol. The minimum atomic E-state index is -3.11. The number of nitriles is 1. The van der Waals surface area contributed by atoms with Gasteiger partial charge in [0.25, 0.3) is 5.92 Å². The molecule has 0 radical (unpaired) electrons. The molecule has 8 nitrogen and oxygen atoms in total. The first kappa shape index (κ1) is 29.1. The molecule has 6 atom stereocenters. The van der Waals surface area contributed by atoms with Gasteiger partial charge in [-0.05, 0) is 62.6 Å². The van der Waals surface area contributed by atoms with E-state index < -0.39 is 60.2 Å². The van der Waals surface area contributed by atoms with Crippen LogP contribution < -0.4 is 16.0 Å². The van der Waals surface area contributed by atoms with Gasteiger partial charge in [0.2, 0.25) is 17.7 Å². The average molecular weight is 564 g/mol. The quantitative estimate of drug-likeness (QED) is 0.418. The number of piperidine rings is 3. The summed E-state index contributed by atoms with van der Waals surface area (Å²) >= 11 is 6.13. The maximum absolute atomic E-state index is 15.1. The van der Waals surface area contributed by atoms with E-state index in [4.69, 9.17) is 11.6 Å². The van der Waals surface area contributed by atoms with E-state index in [9.17, 15) is 19.6 Å². The molecule has 4 fully saturated rings. The second kappa shape index (κ2) is 12.1. The minimum Gasteiger partial charge on any atom is -0.374 e. The fourth-order valence-corrected chi connectivity index (χ4v) is 6.41. The Bertz CT molecular complexity index is 1130. The van der Waals surface area contributed by atoms with Gasteiger partial charge >= 0.3 is 0 Å². The van der Waals surface area contributed by atoms with Crippen LogP contribution in [-0.4, -0.2) is 59.3 Å². The van der Waals surface area contributed by atoms with Crippen molar-refractivity contribution in [2.75, 3.05) is 11.9 Å². The summed E-state index contributed by atoms with van der Waals surface area (Å²) in [4.78, 5) is 41.2. The zero-order valence-corrected chi connectivity index (χ0v) is 23.0. The highest BCUT2D eigenvalue weighted by Gasteiger charge is 2.61. The molecule has 3 heterocycles. The maximum atomic E-state index is 15.1. The van der Waals surface area contributed by atoms with Gasteiger partial charge in [-0.2, -0.15) is 5.26 Å². The molecule has 39 heavy (non-hydrogen) atoms. The number of alkyl halides is 2. The Hall–Kier alpha value is -2.93. The Morgan fingerprint density at radius 1 is 1.28 bits per heavy atom. The van der Waals surface area contributed by atoms with Gasteiger partial charge in [-0.1, -0.05) is 31.5 Å². The number of benzene rings is 1. The van der Waals surface area contributed by atoms with Crippen molar-refractivity contribution in [2.45, 2.75) is 88.9 Å². The van der Waals surface area contributed by atoms with Crippen LogP contribution in [0.5, 0.6) is 0 Å². The van der Waals surface area contributed by atoms with E-state index in [2.05, 4.69) is 16.0 Å². The molecule has 1 saturated carbocycles. The number of rotatable bonds is 9. The molecule has 1 aromatic carbocycles. The first-order valence-electron chi connectivity index (χ1n) is 13.7. The van der Waals surface area contributed by atoms with Gasteiger partial charge in [-0.25, -0.2) is 8.78 Å². The minimum absolute atomic E-state index is 0.0888. The third kappa shape index (κ3) is 6.63. The van der Waals surface area contributed by atoms with Crippen molar-refractivity contribution in [2.24, 2.45) is 17.8 Å². The van der Waals surface area contributed by atoms with E-state index in [0.717, 1.165) is 6.42 Å². The van der Waals surface area contributed by atoms with E-state index in [-0.39, 0.29) is 24.7 Å². The standard InChI is InChI=1S/C28H36ClF2N5O3/c1-16(2)11-23(34-19-7-3-6-18(29)13-19)27(39)36-21-8-9-22(28(30,31)14-21)24(36)26(38)35-20(15-32)12-17-5-4-10-33-25(17)37/h3,6-7,13,16-17,20-24,34H,4-5,8-12,14H2,1-2H3,(H,33,37)(H,35,38)/t17-,20+,21-,22-,23+,24+/m1/s1. The van der Waals surface area contributed by atoms with Crippen molar-refractivity contribution in [3.63, 3.8) is 0 Å². The number of carbonyl (C=O) groups is 3. The second-order valence-corrected chi connectivity index (χ2v) is 11.8. The molecule has 2 bridgehead atoms. The van der Waals surface area contributed by atoms with Crippen molar-refractivity contribution in [1.82, 2.24) is 15.5 Å². The molecule has 5 rings (SSSR count). The summed E-state index contributed by atoms with van der Waals surface area (Å²) in [6.07, 6.45) is 1.85. The summed E-state index contributed by atoms with van der Waals surface area (Å²) in [5.74, 6) is -6.18. The van der Waals surface area contributed by atoms with Crippen molar-refractivity contribution < 1.29 is 23.2 Å². The molecule has 0 unspecified atom stereocenters. The van der Waals surface area contributed by atoms with Crippen LogP contribution in [0.4, 0.5) is 14.5 Å². The predicted molar refractivity (Wildman–Crippen MR) is 143 cm³/mol. The molecule has 3 amide bonds. The monoisotopic (exact) mass is 563 g/mol. The van der Waals surface area contributed by atoms with Crippen molar-refractivity contribution in [1.29, 1.82) is 5.26 Å². The maximum Gasteiger partial charge on any atom is 0.255 e. The Morgan fingerprint density at radius 2 is 2.05 bits per heavy atom. The van der Waals surface area contributed by atoms with Crippen LogP contribution in [-0.2, 0) is 14.4 Å². The Morgan fingerprint density at radius 3 is 2.69 bits per heavy atom. The van der Waals surface area contributed by atoms with Gasteiger partial charge in [0, 0.05) is 35.6 Å². The predicted octanol–water partition coefficient (Wildman–Crippen LogP) is 4.11. The summed E-state index contributed by atoms with van der Waals surface area (Å²) in [5, 5.41) is 18.8. The van der Waals surface area contributed by atoms with Gasteiger partial charge in [0.05, 0.1) is 12.0 Å². The smallest absolute Gasteiger partial charge is 0.255 e. The van der Waals surface area contributed by atoms with Crippen LogP contribution in [0.15, 0.2) is 24.3 Å². The summed E-state index contributed by atoms with van der Waals surface area (Å²) < 4.78 is 30.3. The van der Waals surface area contributed by atoms with Crippen molar-refractivity contribution in [3.05, 3.63) is 29.3 Å². The lowest BCUT2D eigenvalue weighted by Crippen LogP contribution is -2.70. The number of halogens is 3. The zero-order valence-electron chi connectivity index (χ0n) is 22.3. The first-order chi connectivity index (χ1) is 18.5. The molecule has 212 valence electrons. The number of anilines is 1. The topological polar surface area (TPSA) is 114 Å². The lowest BCUT2D eigenvalue weighted by atomic mass is 9.71. The van der Waals surface area contributed by atoms with E-state index in [1.807, 2.05) is 19.9 Å². The molecule has 0 aromatic heterocycles. The van der Waals surface area contributed by atoms with Gasteiger partial charge in [-0.15, -0.1) is 0 Å². The number of hydrogen-bond acceptors (Lipinski definition) is 5. The number of fused-ring (bicyclic) bond motifs is 3. The van der Waals surface area contributed by atoms with Crippen LogP contribution in [0.3, 0.4) is 0 Å². The van der Waals surface area contributed by atoms with Crippen LogP contribution in [0.1, 0.15) is 58.8 Å². The van der Waals surface area contributed by atoms with Gasteiger partial charge < -0.3 is 20.9 Å². The van der Waals surface area contributed by atoms with Gasteiger partial charge in [-0.3, -0.25) is 14.4 Å². The van der Waals surface area contributed by atoms with Crippen LogP contribution >= 0.6 is 11.6 Å². The third-order valence-corrected chi connectivity index (χ3v) is 8.26. The molecule has 3 aliphatic heterocycles. The van der Waals surface area contributed by atoms with E-state index in [0.29, 0.717) is 36.5 Å². The number of nitrogens with zero attached hydrogens (tertiary/aromatic N) is 2. The molecule has 3 N–H and O–H groups in total. The Balaban J connectivity index is 1.58. The number of amides is 3. The highest BCUT2D eigenvalue weighted by atomic mass is 35.5. The largest absolute Gasteiger partial charge is 0.374 e. The van der Waals surface area contributed by atoms with Crippen LogP contribution in [0, 0.1) is 29.1 Å². The van der Waals surface area contributed by atoms with Crippen molar-refractivity contribution in [3.8, 4) is 6.07 Å². The first-order valence-corrected chi connectivity index (χ1v) is 14.1. The van der Waals surface area contributed by atoms with Gasteiger partial charge in [0.1, 0.15) is 18.1 Å². The highest BCUT2D eigenvalue weighted by Crippen LogP contribution is 2.49. The molecular formula is C28H36ClF2N5O3. The fourth-order valence-electron chi connectivity index (χ4n) is 6.22. The second-order valence-electron chi connectivity index (χ2n) is 11.4. The normalized spacial score (nSPS) is 27.3. The fraction of sp³-hybridized carbons (Fsp3) is 0.643. The molecule has 1 aliphatic carbocycles. The third-order valence-electron chi connectivity index (χ3n) is 8.02. The molecule has 11 heteroatoms. The lowest BCUT2D eigenvalue weighted by molar-refractivity contribution is -0.194. The van der Waals surface area contributed by atoms with Crippen LogP contribution in [0.25, 0.3) is 0 Å².